The highest BCUT2D eigenvalue weighted by atomic mass is 127. The Balaban J connectivity index is 3.19. The van der Waals surface area contributed by atoms with Crippen molar-refractivity contribution < 1.29 is 4.79 Å². The number of hydrogen-bond donors (Lipinski definition) is 0. The zero-order valence-corrected chi connectivity index (χ0v) is 9.77. The lowest BCUT2D eigenvalue weighted by atomic mass is 10.2. The fourth-order valence-electron chi connectivity index (χ4n) is 0.667. The molecule has 4 heteroatoms. The van der Waals surface area contributed by atoms with E-state index in [1.54, 1.807) is 12.1 Å². The third-order valence-corrected chi connectivity index (χ3v) is 2.39. The molecule has 0 aliphatic carbocycles. The first kappa shape index (κ1) is 9.48. The fraction of sp³-hybridized carbons (Fsp3) is 0. The number of carbonyl (C=O) groups excluding carboxylic acids is 1. The van der Waals surface area contributed by atoms with Crippen molar-refractivity contribution in [2.45, 2.75) is 0 Å². The minimum Gasteiger partial charge on any atom is -0.276 e. The third-order valence-electron chi connectivity index (χ3n) is 1.09. The normalized spacial score (nSPS) is 9.73. The van der Waals surface area contributed by atoms with Crippen molar-refractivity contribution in [3.05, 3.63) is 31.8 Å². The molecule has 0 saturated carbocycles. The van der Waals surface area contributed by atoms with E-state index in [2.05, 4.69) is 38.5 Å². The topological polar surface area (TPSA) is 17.1 Å². The SMILES string of the molecule is O=C(Cl)c1cc(Br)cc(I)c1. The molecule has 0 amide bonds. The predicted molar refractivity (Wildman–Crippen MR) is 57.0 cm³/mol. The number of benzene rings is 1. The van der Waals surface area contributed by atoms with Crippen molar-refractivity contribution >= 4 is 55.4 Å². The number of rotatable bonds is 1. The summed E-state index contributed by atoms with van der Waals surface area (Å²) >= 11 is 10.7. The summed E-state index contributed by atoms with van der Waals surface area (Å²) in [5.41, 5.74) is 0.519. The van der Waals surface area contributed by atoms with Crippen LogP contribution in [0.25, 0.3) is 0 Å². The van der Waals surface area contributed by atoms with Crippen LogP contribution in [0.1, 0.15) is 10.4 Å². The van der Waals surface area contributed by atoms with Crippen LogP contribution in [0.2, 0.25) is 0 Å². The Morgan fingerprint density at radius 3 is 2.55 bits per heavy atom. The smallest absolute Gasteiger partial charge is 0.252 e. The van der Waals surface area contributed by atoms with Gasteiger partial charge in [-0.3, -0.25) is 4.79 Å². The summed E-state index contributed by atoms with van der Waals surface area (Å²) in [5, 5.41) is -0.427. The van der Waals surface area contributed by atoms with E-state index in [9.17, 15) is 4.79 Å². The molecule has 1 aromatic carbocycles. The van der Waals surface area contributed by atoms with Gasteiger partial charge in [-0.2, -0.15) is 0 Å². The molecular weight excluding hydrogens is 342 g/mol. The lowest BCUT2D eigenvalue weighted by molar-refractivity contribution is 0.108. The molecule has 0 N–H and O–H groups in total. The lowest BCUT2D eigenvalue weighted by Gasteiger charge is -1.96. The first-order valence-corrected chi connectivity index (χ1v) is 5.00. The van der Waals surface area contributed by atoms with Gasteiger partial charge in [0.2, 0.25) is 0 Å². The summed E-state index contributed by atoms with van der Waals surface area (Å²) < 4.78 is 1.86. The maximum atomic E-state index is 10.7. The highest BCUT2D eigenvalue weighted by Crippen LogP contribution is 2.18. The summed E-state index contributed by atoms with van der Waals surface area (Å²) in [6, 6.07) is 5.34. The van der Waals surface area contributed by atoms with Crippen LogP contribution >= 0.6 is 50.1 Å². The van der Waals surface area contributed by atoms with Gasteiger partial charge in [0.15, 0.2) is 0 Å². The molecule has 0 heterocycles. The molecule has 0 aromatic heterocycles. The monoisotopic (exact) mass is 344 g/mol. The number of hydrogen-bond acceptors (Lipinski definition) is 1. The molecule has 0 atom stereocenters. The van der Waals surface area contributed by atoms with Crippen LogP contribution in [0, 0.1) is 3.57 Å². The van der Waals surface area contributed by atoms with Crippen LogP contribution in [0.3, 0.4) is 0 Å². The highest BCUT2D eigenvalue weighted by Gasteiger charge is 2.02. The van der Waals surface area contributed by atoms with Crippen molar-refractivity contribution in [1.82, 2.24) is 0 Å². The van der Waals surface area contributed by atoms with Crippen LogP contribution < -0.4 is 0 Å². The molecule has 1 rings (SSSR count). The van der Waals surface area contributed by atoms with Crippen molar-refractivity contribution in [1.29, 1.82) is 0 Å². The van der Waals surface area contributed by atoms with E-state index in [1.165, 1.54) is 0 Å². The molecular formula is C7H3BrClIO. The quantitative estimate of drug-likeness (QED) is 0.563. The molecule has 0 unspecified atom stereocenters. The summed E-state index contributed by atoms with van der Waals surface area (Å²) in [5.74, 6) is 0. The van der Waals surface area contributed by atoms with E-state index in [4.69, 9.17) is 11.6 Å². The van der Waals surface area contributed by atoms with Crippen molar-refractivity contribution in [3.8, 4) is 0 Å². The van der Waals surface area contributed by atoms with Gasteiger partial charge in [0.1, 0.15) is 0 Å². The maximum absolute atomic E-state index is 10.7. The molecule has 0 saturated heterocycles. The van der Waals surface area contributed by atoms with E-state index in [-0.39, 0.29) is 0 Å². The van der Waals surface area contributed by atoms with E-state index >= 15 is 0 Å². The second kappa shape index (κ2) is 3.87. The van der Waals surface area contributed by atoms with Gasteiger partial charge in [0.25, 0.3) is 5.24 Å². The Hall–Kier alpha value is 0.390. The van der Waals surface area contributed by atoms with Gasteiger partial charge < -0.3 is 0 Å². The van der Waals surface area contributed by atoms with Gasteiger partial charge >= 0.3 is 0 Å². The van der Waals surface area contributed by atoms with Gasteiger partial charge in [0.05, 0.1) is 0 Å². The summed E-state index contributed by atoms with van der Waals surface area (Å²) in [6.07, 6.45) is 0. The molecule has 58 valence electrons. The average Bonchev–Trinajstić information content (AvgIpc) is 1.85. The summed E-state index contributed by atoms with van der Waals surface area (Å²) in [6.45, 7) is 0. The second-order valence-electron chi connectivity index (χ2n) is 1.93. The standard InChI is InChI=1S/C7H3BrClIO/c8-5-1-4(7(9)11)2-6(10)3-5/h1-3H. The predicted octanol–water partition coefficient (Wildman–Crippen LogP) is 3.43. The molecule has 0 spiro atoms. The Kier molecular flexibility index (Phi) is 3.33. The van der Waals surface area contributed by atoms with E-state index < -0.39 is 5.24 Å². The molecule has 0 aliphatic heterocycles. The minimum atomic E-state index is -0.427. The van der Waals surface area contributed by atoms with Crippen LogP contribution in [0.4, 0.5) is 0 Å². The largest absolute Gasteiger partial charge is 0.276 e. The summed E-state index contributed by atoms with van der Waals surface area (Å²) in [4.78, 5) is 10.7. The van der Waals surface area contributed by atoms with Gasteiger partial charge in [-0.1, -0.05) is 15.9 Å². The molecule has 0 fully saturated rings. The van der Waals surface area contributed by atoms with Crippen LogP contribution in [-0.4, -0.2) is 5.24 Å². The lowest BCUT2D eigenvalue weighted by Crippen LogP contribution is -1.88. The second-order valence-corrected chi connectivity index (χ2v) is 4.44. The van der Waals surface area contributed by atoms with Crippen molar-refractivity contribution in [2.75, 3.05) is 0 Å². The number of halogens is 3. The van der Waals surface area contributed by atoms with E-state index in [0.717, 1.165) is 8.04 Å². The van der Waals surface area contributed by atoms with Crippen LogP contribution in [-0.2, 0) is 0 Å². The molecule has 0 aliphatic rings. The number of carbonyl (C=O) groups is 1. The fourth-order valence-corrected chi connectivity index (χ4v) is 2.37. The van der Waals surface area contributed by atoms with Crippen molar-refractivity contribution in [2.24, 2.45) is 0 Å². The minimum absolute atomic E-state index is 0.427. The van der Waals surface area contributed by atoms with Crippen molar-refractivity contribution in [3.63, 3.8) is 0 Å². The third kappa shape index (κ3) is 2.72. The van der Waals surface area contributed by atoms with Crippen LogP contribution in [0.5, 0.6) is 0 Å². The molecule has 11 heavy (non-hydrogen) atoms. The van der Waals surface area contributed by atoms with Gasteiger partial charge in [-0.15, -0.1) is 0 Å². The molecule has 1 aromatic rings. The summed E-state index contributed by atoms with van der Waals surface area (Å²) in [7, 11) is 0. The van der Waals surface area contributed by atoms with E-state index in [0.29, 0.717) is 5.56 Å². The maximum Gasteiger partial charge on any atom is 0.252 e. The van der Waals surface area contributed by atoms with E-state index in [1.807, 2.05) is 6.07 Å². The molecule has 0 bridgehead atoms. The van der Waals surface area contributed by atoms with Gasteiger partial charge in [-0.05, 0) is 52.4 Å². The first-order valence-electron chi connectivity index (χ1n) is 2.75. The zero-order chi connectivity index (χ0) is 8.43. The Labute approximate surface area is 91.4 Å². The molecule has 1 nitrogen and oxygen atoms in total. The Bertz CT molecular complexity index is 280. The van der Waals surface area contributed by atoms with Gasteiger partial charge in [-0.25, -0.2) is 0 Å². The van der Waals surface area contributed by atoms with Gasteiger partial charge in [0, 0.05) is 13.6 Å². The zero-order valence-electron chi connectivity index (χ0n) is 5.27. The Morgan fingerprint density at radius 2 is 2.09 bits per heavy atom. The van der Waals surface area contributed by atoms with Crippen LogP contribution in [0.15, 0.2) is 22.7 Å². The first-order chi connectivity index (χ1) is 5.09. The average molecular weight is 345 g/mol. The Morgan fingerprint density at radius 1 is 1.45 bits per heavy atom. The highest BCUT2D eigenvalue weighted by molar-refractivity contribution is 14.1. The molecule has 0 radical (unpaired) electrons.